The topological polar surface area (TPSA) is 32.3 Å². The summed E-state index contributed by atoms with van der Waals surface area (Å²) in [5.74, 6) is 0. The number of aliphatic hydroxyl groups is 1. The van der Waals surface area contributed by atoms with Gasteiger partial charge in [-0.05, 0) is 36.7 Å². The highest BCUT2D eigenvalue weighted by atomic mass is 79.9. The van der Waals surface area contributed by atoms with Crippen molar-refractivity contribution in [2.45, 2.75) is 13.0 Å². The maximum Gasteiger partial charge on any atom is 0.0443 e. The van der Waals surface area contributed by atoms with Crippen molar-refractivity contribution < 1.29 is 5.11 Å². The van der Waals surface area contributed by atoms with E-state index in [1.54, 1.807) is 0 Å². The van der Waals surface area contributed by atoms with Crippen molar-refractivity contribution in [1.82, 2.24) is 5.32 Å². The Balaban J connectivity index is 2.45. The molecule has 0 atom stereocenters. The molecule has 0 radical (unpaired) electrons. The summed E-state index contributed by atoms with van der Waals surface area (Å²) in [6, 6.07) is 6.10. The van der Waals surface area contributed by atoms with Gasteiger partial charge in [0.25, 0.3) is 0 Å². The van der Waals surface area contributed by atoms with Gasteiger partial charge in [-0.1, -0.05) is 31.9 Å². The molecule has 0 unspecified atom stereocenters. The van der Waals surface area contributed by atoms with Crippen molar-refractivity contribution in [1.29, 1.82) is 0 Å². The molecule has 4 heteroatoms. The molecule has 0 heterocycles. The molecule has 2 nitrogen and oxygen atoms in total. The third kappa shape index (κ3) is 4.09. The molecule has 14 heavy (non-hydrogen) atoms. The van der Waals surface area contributed by atoms with Crippen LogP contribution in [0.2, 0.25) is 0 Å². The standard InChI is InChI=1S/C10H13Br2NO/c11-9-2-3-10(12)8(6-9)7-13-4-1-5-14/h2-3,6,13-14H,1,4-5,7H2. The maximum atomic E-state index is 8.61. The zero-order valence-electron chi connectivity index (χ0n) is 7.76. The zero-order chi connectivity index (χ0) is 10.4. The Kier molecular flexibility index (Phi) is 5.70. The lowest BCUT2D eigenvalue weighted by Crippen LogP contribution is -2.15. The predicted molar refractivity (Wildman–Crippen MR) is 65.3 cm³/mol. The van der Waals surface area contributed by atoms with Crippen molar-refractivity contribution in [3.63, 3.8) is 0 Å². The molecule has 0 saturated carbocycles. The quantitative estimate of drug-likeness (QED) is 0.817. The Labute approximate surface area is 101 Å². The monoisotopic (exact) mass is 321 g/mol. The van der Waals surface area contributed by atoms with E-state index in [-0.39, 0.29) is 6.61 Å². The largest absolute Gasteiger partial charge is 0.396 e. The molecule has 1 aromatic rings. The number of hydrogen-bond donors (Lipinski definition) is 2. The van der Waals surface area contributed by atoms with Crippen LogP contribution in [0.15, 0.2) is 27.1 Å². The minimum Gasteiger partial charge on any atom is -0.396 e. The van der Waals surface area contributed by atoms with Gasteiger partial charge in [-0.3, -0.25) is 0 Å². The fourth-order valence-corrected chi connectivity index (χ4v) is 1.90. The van der Waals surface area contributed by atoms with Crippen LogP contribution in [0.1, 0.15) is 12.0 Å². The van der Waals surface area contributed by atoms with E-state index < -0.39 is 0 Å². The Hall–Kier alpha value is 0.1000. The van der Waals surface area contributed by atoms with Gasteiger partial charge in [-0.2, -0.15) is 0 Å². The van der Waals surface area contributed by atoms with E-state index in [1.807, 2.05) is 12.1 Å². The van der Waals surface area contributed by atoms with E-state index in [1.165, 1.54) is 5.56 Å². The molecule has 1 rings (SSSR count). The maximum absolute atomic E-state index is 8.61. The molecule has 0 bridgehead atoms. The number of rotatable bonds is 5. The summed E-state index contributed by atoms with van der Waals surface area (Å²) in [4.78, 5) is 0. The van der Waals surface area contributed by atoms with Crippen LogP contribution in [-0.4, -0.2) is 18.3 Å². The Morgan fingerprint density at radius 3 is 2.79 bits per heavy atom. The van der Waals surface area contributed by atoms with Crippen LogP contribution in [0.25, 0.3) is 0 Å². The van der Waals surface area contributed by atoms with Crippen LogP contribution >= 0.6 is 31.9 Å². The molecule has 0 aliphatic heterocycles. The summed E-state index contributed by atoms with van der Waals surface area (Å²) in [6.07, 6.45) is 0.797. The average molecular weight is 323 g/mol. The van der Waals surface area contributed by atoms with Crippen molar-refractivity contribution in [3.8, 4) is 0 Å². The van der Waals surface area contributed by atoms with Crippen molar-refractivity contribution in [2.24, 2.45) is 0 Å². The Bertz CT molecular complexity index is 291. The first-order valence-corrected chi connectivity index (χ1v) is 6.08. The third-order valence-corrected chi connectivity index (χ3v) is 3.10. The molecular weight excluding hydrogens is 310 g/mol. The zero-order valence-corrected chi connectivity index (χ0v) is 10.9. The fourth-order valence-electron chi connectivity index (χ4n) is 1.11. The number of benzene rings is 1. The molecular formula is C10H13Br2NO. The summed E-state index contributed by atoms with van der Waals surface area (Å²) in [6.45, 7) is 1.90. The summed E-state index contributed by atoms with van der Waals surface area (Å²) >= 11 is 6.92. The number of aliphatic hydroxyl groups excluding tert-OH is 1. The van der Waals surface area contributed by atoms with E-state index in [4.69, 9.17) is 5.11 Å². The van der Waals surface area contributed by atoms with Crippen LogP contribution in [0.5, 0.6) is 0 Å². The van der Waals surface area contributed by atoms with Gasteiger partial charge in [-0.25, -0.2) is 0 Å². The average Bonchev–Trinajstić information content (AvgIpc) is 2.18. The van der Waals surface area contributed by atoms with Gasteiger partial charge in [0.2, 0.25) is 0 Å². The van der Waals surface area contributed by atoms with Gasteiger partial charge < -0.3 is 10.4 Å². The van der Waals surface area contributed by atoms with Crippen molar-refractivity contribution in [3.05, 3.63) is 32.7 Å². The van der Waals surface area contributed by atoms with E-state index in [9.17, 15) is 0 Å². The van der Waals surface area contributed by atoms with Crippen LogP contribution in [0, 0.1) is 0 Å². The second kappa shape index (κ2) is 6.56. The lowest BCUT2D eigenvalue weighted by Gasteiger charge is -2.06. The highest BCUT2D eigenvalue weighted by molar-refractivity contribution is 9.11. The Morgan fingerprint density at radius 2 is 2.07 bits per heavy atom. The second-order valence-corrected chi connectivity index (χ2v) is 4.76. The van der Waals surface area contributed by atoms with Gasteiger partial charge in [0, 0.05) is 22.1 Å². The van der Waals surface area contributed by atoms with Gasteiger partial charge in [0.05, 0.1) is 0 Å². The van der Waals surface area contributed by atoms with Crippen LogP contribution < -0.4 is 5.32 Å². The van der Waals surface area contributed by atoms with E-state index in [2.05, 4.69) is 43.2 Å². The lowest BCUT2D eigenvalue weighted by molar-refractivity contribution is 0.286. The first-order valence-electron chi connectivity index (χ1n) is 4.49. The summed E-state index contributed by atoms with van der Waals surface area (Å²) < 4.78 is 2.19. The molecule has 0 aromatic heterocycles. The lowest BCUT2D eigenvalue weighted by atomic mass is 10.2. The minimum absolute atomic E-state index is 0.243. The predicted octanol–water partition coefficient (Wildman–Crippen LogP) is 2.68. The van der Waals surface area contributed by atoms with Gasteiger partial charge in [0.1, 0.15) is 0 Å². The molecule has 0 amide bonds. The minimum atomic E-state index is 0.243. The third-order valence-electron chi connectivity index (χ3n) is 1.83. The van der Waals surface area contributed by atoms with Gasteiger partial charge in [0.15, 0.2) is 0 Å². The smallest absolute Gasteiger partial charge is 0.0443 e. The summed E-state index contributed by atoms with van der Waals surface area (Å²) in [7, 11) is 0. The highest BCUT2D eigenvalue weighted by Gasteiger charge is 1.99. The molecule has 78 valence electrons. The van der Waals surface area contributed by atoms with E-state index in [0.717, 1.165) is 28.5 Å². The summed E-state index contributed by atoms with van der Waals surface area (Å²) in [5.41, 5.74) is 1.22. The van der Waals surface area contributed by atoms with Crippen molar-refractivity contribution in [2.75, 3.05) is 13.2 Å². The molecule has 0 aliphatic carbocycles. The molecule has 2 N–H and O–H groups in total. The number of halogens is 2. The van der Waals surface area contributed by atoms with Crippen LogP contribution in [0.4, 0.5) is 0 Å². The molecule has 1 aromatic carbocycles. The second-order valence-electron chi connectivity index (χ2n) is 2.99. The SMILES string of the molecule is OCCCNCc1cc(Br)ccc1Br. The molecule has 0 fully saturated rings. The van der Waals surface area contributed by atoms with Crippen molar-refractivity contribution >= 4 is 31.9 Å². The van der Waals surface area contributed by atoms with Crippen LogP contribution in [-0.2, 0) is 6.54 Å². The van der Waals surface area contributed by atoms with E-state index >= 15 is 0 Å². The fraction of sp³-hybridized carbons (Fsp3) is 0.400. The molecule has 0 aliphatic rings. The summed E-state index contributed by atoms with van der Waals surface area (Å²) in [5, 5.41) is 11.9. The first-order chi connectivity index (χ1) is 6.74. The number of nitrogens with one attached hydrogen (secondary N) is 1. The normalized spacial score (nSPS) is 10.5. The molecule has 0 spiro atoms. The first kappa shape index (κ1) is 12.2. The highest BCUT2D eigenvalue weighted by Crippen LogP contribution is 2.21. The van der Waals surface area contributed by atoms with Crippen LogP contribution in [0.3, 0.4) is 0 Å². The van der Waals surface area contributed by atoms with Gasteiger partial charge in [-0.15, -0.1) is 0 Å². The van der Waals surface area contributed by atoms with E-state index in [0.29, 0.717) is 0 Å². The number of hydrogen-bond acceptors (Lipinski definition) is 2. The van der Waals surface area contributed by atoms with Gasteiger partial charge >= 0.3 is 0 Å². The Morgan fingerprint density at radius 1 is 1.29 bits per heavy atom. The molecule has 0 saturated heterocycles.